The Morgan fingerprint density at radius 1 is 1.24 bits per heavy atom. The van der Waals surface area contributed by atoms with Crippen LogP contribution in [0.1, 0.15) is 12.5 Å². The summed E-state index contributed by atoms with van der Waals surface area (Å²) in [4.78, 5) is 4.48. The Morgan fingerprint density at radius 3 is 2.53 bits per heavy atom. The lowest BCUT2D eigenvalue weighted by Gasteiger charge is -2.36. The van der Waals surface area contributed by atoms with E-state index in [-0.39, 0.29) is 5.82 Å². The lowest BCUT2D eigenvalue weighted by Crippen LogP contribution is -2.46. The van der Waals surface area contributed by atoms with Gasteiger partial charge in [-0.25, -0.2) is 4.39 Å². The van der Waals surface area contributed by atoms with E-state index in [0.717, 1.165) is 38.3 Å². The average molecular weight is 257 g/mol. The van der Waals surface area contributed by atoms with Gasteiger partial charge in [0.2, 0.25) is 0 Å². The molecule has 0 radical (unpaired) electrons. The van der Waals surface area contributed by atoms with Crippen molar-refractivity contribution in [1.29, 1.82) is 0 Å². The van der Waals surface area contributed by atoms with Crippen LogP contribution >= 0.6 is 11.6 Å². The minimum absolute atomic E-state index is 0.159. The lowest BCUT2D eigenvalue weighted by atomic mass is 10.1. The van der Waals surface area contributed by atoms with Crippen molar-refractivity contribution in [3.8, 4) is 0 Å². The molecular formula is C13H18ClFN2. The van der Waals surface area contributed by atoms with Crippen molar-refractivity contribution < 1.29 is 4.39 Å². The third kappa shape index (κ3) is 2.72. The summed E-state index contributed by atoms with van der Waals surface area (Å²) in [5, 5.41) is 0. The summed E-state index contributed by atoms with van der Waals surface area (Å²) in [6.45, 7) is 6.95. The van der Waals surface area contributed by atoms with Crippen LogP contribution in [-0.4, -0.2) is 37.6 Å². The highest BCUT2D eigenvalue weighted by molar-refractivity contribution is 6.17. The van der Waals surface area contributed by atoms with Crippen LogP contribution in [0.15, 0.2) is 18.2 Å². The summed E-state index contributed by atoms with van der Waals surface area (Å²) in [7, 11) is 0. The second-order valence-electron chi connectivity index (χ2n) is 4.30. The first-order chi connectivity index (χ1) is 8.26. The third-order valence-electron chi connectivity index (χ3n) is 3.35. The topological polar surface area (TPSA) is 6.48 Å². The number of hydrogen-bond acceptors (Lipinski definition) is 2. The monoisotopic (exact) mass is 256 g/mol. The minimum Gasteiger partial charge on any atom is -0.366 e. The van der Waals surface area contributed by atoms with E-state index in [9.17, 15) is 4.39 Å². The van der Waals surface area contributed by atoms with Crippen LogP contribution in [0.3, 0.4) is 0 Å². The highest BCUT2D eigenvalue weighted by atomic mass is 35.5. The molecule has 1 heterocycles. The molecule has 2 nitrogen and oxygen atoms in total. The van der Waals surface area contributed by atoms with Gasteiger partial charge in [0, 0.05) is 32.1 Å². The van der Waals surface area contributed by atoms with Gasteiger partial charge in [-0.1, -0.05) is 19.1 Å². The van der Waals surface area contributed by atoms with Crippen LogP contribution in [0.4, 0.5) is 10.1 Å². The minimum atomic E-state index is -0.159. The molecule has 1 saturated heterocycles. The van der Waals surface area contributed by atoms with Crippen molar-refractivity contribution in [3.05, 3.63) is 29.6 Å². The normalized spacial score (nSPS) is 17.5. The fourth-order valence-electron chi connectivity index (χ4n) is 2.31. The van der Waals surface area contributed by atoms with Crippen molar-refractivity contribution in [2.75, 3.05) is 37.6 Å². The fourth-order valence-corrected chi connectivity index (χ4v) is 2.53. The van der Waals surface area contributed by atoms with Crippen molar-refractivity contribution in [2.24, 2.45) is 0 Å². The number of likely N-dealkylation sites (N-methyl/N-ethyl adjacent to an activating group) is 1. The van der Waals surface area contributed by atoms with Crippen LogP contribution in [0, 0.1) is 5.82 Å². The largest absolute Gasteiger partial charge is 0.366 e. The van der Waals surface area contributed by atoms with Crippen LogP contribution in [-0.2, 0) is 5.88 Å². The molecule has 0 saturated carbocycles. The first-order valence-electron chi connectivity index (χ1n) is 6.07. The standard InChI is InChI=1S/C13H18ClFN2/c1-2-16-6-8-17(9-7-16)13-11(10-14)4-3-5-12(13)15/h3-5H,2,6-10H2,1H3. The molecule has 94 valence electrons. The second-order valence-corrected chi connectivity index (χ2v) is 4.57. The zero-order valence-corrected chi connectivity index (χ0v) is 10.9. The van der Waals surface area contributed by atoms with Crippen LogP contribution < -0.4 is 4.90 Å². The average Bonchev–Trinajstić information content (AvgIpc) is 2.38. The Labute approximate surface area is 107 Å². The molecule has 1 aromatic carbocycles. The number of para-hydroxylation sites is 1. The number of benzene rings is 1. The number of halogens is 2. The Hall–Kier alpha value is -0.800. The quantitative estimate of drug-likeness (QED) is 0.768. The molecule has 0 spiro atoms. The lowest BCUT2D eigenvalue weighted by molar-refractivity contribution is 0.270. The van der Waals surface area contributed by atoms with Crippen molar-refractivity contribution >= 4 is 17.3 Å². The van der Waals surface area contributed by atoms with E-state index >= 15 is 0 Å². The SMILES string of the molecule is CCN1CCN(c2c(F)cccc2CCl)CC1. The molecule has 1 aliphatic heterocycles. The van der Waals surface area contributed by atoms with E-state index in [2.05, 4.69) is 16.7 Å². The summed E-state index contributed by atoms with van der Waals surface area (Å²) in [6, 6.07) is 5.13. The van der Waals surface area contributed by atoms with E-state index in [4.69, 9.17) is 11.6 Å². The van der Waals surface area contributed by atoms with Crippen molar-refractivity contribution in [3.63, 3.8) is 0 Å². The highest BCUT2D eigenvalue weighted by Gasteiger charge is 2.20. The molecular weight excluding hydrogens is 239 g/mol. The van der Waals surface area contributed by atoms with E-state index in [0.29, 0.717) is 11.6 Å². The maximum atomic E-state index is 13.9. The molecule has 1 aliphatic rings. The Morgan fingerprint density at radius 2 is 1.94 bits per heavy atom. The Kier molecular flexibility index (Phi) is 4.24. The second kappa shape index (κ2) is 5.69. The molecule has 2 rings (SSSR count). The molecule has 17 heavy (non-hydrogen) atoms. The van der Waals surface area contributed by atoms with Gasteiger partial charge in [0.15, 0.2) is 0 Å². The van der Waals surface area contributed by atoms with Gasteiger partial charge in [-0.3, -0.25) is 0 Å². The van der Waals surface area contributed by atoms with Crippen LogP contribution in [0.25, 0.3) is 0 Å². The summed E-state index contributed by atoms with van der Waals surface area (Å²) < 4.78 is 13.9. The Balaban J connectivity index is 2.17. The molecule has 0 aromatic heterocycles. The molecule has 0 amide bonds. The molecule has 1 fully saturated rings. The molecule has 0 bridgehead atoms. The van der Waals surface area contributed by atoms with Crippen LogP contribution in [0.2, 0.25) is 0 Å². The molecule has 0 aliphatic carbocycles. The predicted octanol–water partition coefficient (Wildman–Crippen LogP) is 2.71. The predicted molar refractivity (Wildman–Crippen MR) is 70.3 cm³/mol. The molecule has 0 unspecified atom stereocenters. The van der Waals surface area contributed by atoms with Gasteiger partial charge in [-0.2, -0.15) is 0 Å². The zero-order chi connectivity index (χ0) is 12.3. The van der Waals surface area contributed by atoms with Gasteiger partial charge in [0.05, 0.1) is 5.69 Å². The van der Waals surface area contributed by atoms with Gasteiger partial charge < -0.3 is 9.80 Å². The number of anilines is 1. The summed E-state index contributed by atoms with van der Waals surface area (Å²) in [6.07, 6.45) is 0. The van der Waals surface area contributed by atoms with E-state index in [1.165, 1.54) is 6.07 Å². The zero-order valence-electron chi connectivity index (χ0n) is 10.1. The summed E-state index contributed by atoms with van der Waals surface area (Å²) in [5.41, 5.74) is 1.58. The van der Waals surface area contributed by atoms with E-state index in [1.807, 2.05) is 6.07 Å². The first kappa shape index (κ1) is 12.7. The highest BCUT2D eigenvalue weighted by Crippen LogP contribution is 2.26. The maximum absolute atomic E-state index is 13.9. The molecule has 1 aromatic rings. The molecule has 4 heteroatoms. The molecule has 0 N–H and O–H groups in total. The maximum Gasteiger partial charge on any atom is 0.146 e. The van der Waals surface area contributed by atoms with Crippen molar-refractivity contribution in [1.82, 2.24) is 4.90 Å². The number of hydrogen-bond donors (Lipinski definition) is 0. The van der Waals surface area contributed by atoms with Gasteiger partial charge in [-0.15, -0.1) is 11.6 Å². The number of nitrogens with zero attached hydrogens (tertiary/aromatic N) is 2. The van der Waals surface area contributed by atoms with Gasteiger partial charge >= 0.3 is 0 Å². The van der Waals surface area contributed by atoms with E-state index < -0.39 is 0 Å². The van der Waals surface area contributed by atoms with E-state index in [1.54, 1.807) is 6.07 Å². The first-order valence-corrected chi connectivity index (χ1v) is 6.60. The Bertz CT molecular complexity index is 376. The summed E-state index contributed by atoms with van der Waals surface area (Å²) in [5.74, 6) is 0.203. The number of piperazine rings is 1. The fraction of sp³-hybridized carbons (Fsp3) is 0.538. The molecule has 0 atom stereocenters. The van der Waals surface area contributed by atoms with Gasteiger partial charge in [0.1, 0.15) is 5.82 Å². The van der Waals surface area contributed by atoms with Crippen molar-refractivity contribution in [2.45, 2.75) is 12.8 Å². The summed E-state index contributed by atoms with van der Waals surface area (Å²) >= 11 is 5.88. The van der Waals surface area contributed by atoms with Crippen LogP contribution in [0.5, 0.6) is 0 Å². The van der Waals surface area contributed by atoms with Gasteiger partial charge in [0.25, 0.3) is 0 Å². The number of alkyl halides is 1. The number of rotatable bonds is 3. The third-order valence-corrected chi connectivity index (χ3v) is 3.64. The smallest absolute Gasteiger partial charge is 0.146 e. The van der Waals surface area contributed by atoms with Gasteiger partial charge in [-0.05, 0) is 18.2 Å².